The predicted octanol–water partition coefficient (Wildman–Crippen LogP) is 5.72. The lowest BCUT2D eigenvalue weighted by atomic mass is 10.1. The largest absolute Gasteiger partial charge is 0.465 e. The van der Waals surface area contributed by atoms with Gasteiger partial charge in [-0.1, -0.05) is 97.1 Å². The summed E-state index contributed by atoms with van der Waals surface area (Å²) in [5.74, 6) is -0.455. The molecule has 1 unspecified atom stereocenters. The highest BCUT2D eigenvalue weighted by Crippen LogP contribution is 2.50. The van der Waals surface area contributed by atoms with Gasteiger partial charge in [-0.05, 0) is 42.3 Å². The Kier molecular flexibility index (Phi) is 6.76. The van der Waals surface area contributed by atoms with Gasteiger partial charge in [-0.15, -0.1) is 0 Å². The molecule has 0 bridgehead atoms. The minimum atomic E-state index is -0.879. The molecule has 0 saturated heterocycles. The van der Waals surface area contributed by atoms with Crippen LogP contribution in [0.5, 0.6) is 0 Å². The molecule has 154 valence electrons. The van der Waals surface area contributed by atoms with Crippen LogP contribution in [0, 0.1) is 0 Å². The number of carbonyl (C=O) groups excluding carboxylic acids is 1. The fourth-order valence-electron chi connectivity index (χ4n) is 3.63. The Hall–Kier alpha value is -3.42. The zero-order valence-corrected chi connectivity index (χ0v) is 18.2. The number of carbonyl (C=O) groups is 1. The lowest BCUT2D eigenvalue weighted by molar-refractivity contribution is 0.0599. The number of ether oxygens (including phenoxy) is 1. The Balaban J connectivity index is 1.91. The molecule has 0 aromatic heterocycles. The van der Waals surface area contributed by atoms with E-state index >= 15 is 0 Å². The van der Waals surface area contributed by atoms with Gasteiger partial charge in [0, 0.05) is 5.69 Å². The Morgan fingerprint density at radius 1 is 0.710 bits per heavy atom. The third-order valence-electron chi connectivity index (χ3n) is 5.06. The minimum Gasteiger partial charge on any atom is -0.465 e. The first kappa shape index (κ1) is 20.8. The molecular weight excluding hydrogens is 401 g/mol. The number of hydrogen-bond acceptors (Lipinski definition) is 3. The van der Waals surface area contributed by atoms with Crippen molar-refractivity contribution in [2.45, 2.75) is 5.78 Å². The molecule has 0 aliphatic heterocycles. The lowest BCUT2D eigenvalue weighted by Gasteiger charge is -2.31. The fraction of sp³-hybridized carbons (Fsp3) is 0.0741. The maximum absolute atomic E-state index is 12.6. The quantitative estimate of drug-likeness (QED) is 0.304. The van der Waals surface area contributed by atoms with Gasteiger partial charge in [0.1, 0.15) is 0 Å². The van der Waals surface area contributed by atoms with Crippen molar-refractivity contribution in [1.82, 2.24) is 0 Å². The number of nitrogens with one attached hydrogen (secondary N) is 1. The van der Waals surface area contributed by atoms with Crippen molar-refractivity contribution in [1.29, 1.82) is 0 Å². The summed E-state index contributed by atoms with van der Waals surface area (Å²) < 4.78 is 5.11. The van der Waals surface area contributed by atoms with Crippen LogP contribution in [0.15, 0.2) is 115 Å². The van der Waals surface area contributed by atoms with Crippen molar-refractivity contribution in [3.05, 3.63) is 126 Å². The van der Waals surface area contributed by atoms with Crippen molar-refractivity contribution in [2.24, 2.45) is 0 Å². The molecule has 0 radical (unpaired) electrons. The van der Waals surface area contributed by atoms with Crippen LogP contribution in [0.3, 0.4) is 0 Å². The third kappa shape index (κ3) is 4.84. The standard InChI is InChI=1S/C27H24NO2P/c1-30-27(29)25-20-12-11-19-24(25)26(28-21-13-5-2-6-14-21)31(22-15-7-3-8-16-22)23-17-9-4-10-18-23/h2-20,26,28H,1H3. The molecule has 0 saturated carbocycles. The van der Waals surface area contributed by atoms with E-state index < -0.39 is 7.92 Å². The number of esters is 1. The predicted molar refractivity (Wildman–Crippen MR) is 130 cm³/mol. The summed E-state index contributed by atoms with van der Waals surface area (Å²) in [6.07, 6.45) is 0. The molecule has 4 rings (SSSR count). The first-order valence-corrected chi connectivity index (χ1v) is 11.6. The van der Waals surface area contributed by atoms with Crippen LogP contribution in [0.25, 0.3) is 0 Å². The maximum atomic E-state index is 12.6. The van der Waals surface area contributed by atoms with Crippen LogP contribution in [0.2, 0.25) is 0 Å². The van der Waals surface area contributed by atoms with Crippen molar-refractivity contribution in [3.63, 3.8) is 0 Å². The number of methoxy groups -OCH3 is 1. The lowest BCUT2D eigenvalue weighted by Crippen LogP contribution is -2.23. The summed E-state index contributed by atoms with van der Waals surface area (Å²) in [6, 6.07) is 38.8. The van der Waals surface area contributed by atoms with Gasteiger partial charge in [0.2, 0.25) is 0 Å². The molecule has 0 aliphatic rings. The molecule has 1 N–H and O–H groups in total. The van der Waals surface area contributed by atoms with E-state index in [1.165, 1.54) is 17.7 Å². The molecule has 4 heteroatoms. The Labute approximate surface area is 184 Å². The Bertz CT molecular complexity index is 1080. The van der Waals surface area contributed by atoms with E-state index in [4.69, 9.17) is 4.74 Å². The number of rotatable bonds is 7. The van der Waals surface area contributed by atoms with Gasteiger partial charge in [-0.25, -0.2) is 4.79 Å². The molecular formula is C27H24NO2P. The van der Waals surface area contributed by atoms with E-state index in [1.807, 2.05) is 54.6 Å². The molecule has 3 nitrogen and oxygen atoms in total. The molecule has 4 aromatic rings. The van der Waals surface area contributed by atoms with E-state index in [0.29, 0.717) is 5.56 Å². The van der Waals surface area contributed by atoms with Gasteiger partial charge in [-0.3, -0.25) is 0 Å². The summed E-state index contributed by atoms with van der Waals surface area (Å²) in [7, 11) is 0.547. The molecule has 1 atom stereocenters. The van der Waals surface area contributed by atoms with Crippen LogP contribution < -0.4 is 15.9 Å². The van der Waals surface area contributed by atoms with Gasteiger partial charge < -0.3 is 10.1 Å². The van der Waals surface area contributed by atoms with Crippen LogP contribution in [0.4, 0.5) is 5.69 Å². The van der Waals surface area contributed by atoms with Gasteiger partial charge in [0.05, 0.1) is 18.5 Å². The molecule has 0 aliphatic carbocycles. The van der Waals surface area contributed by atoms with Gasteiger partial charge in [0.25, 0.3) is 0 Å². The van der Waals surface area contributed by atoms with Crippen LogP contribution >= 0.6 is 7.92 Å². The van der Waals surface area contributed by atoms with Gasteiger partial charge >= 0.3 is 5.97 Å². The Morgan fingerprint density at radius 2 is 1.19 bits per heavy atom. The molecule has 4 aromatic carbocycles. The Morgan fingerprint density at radius 3 is 1.74 bits per heavy atom. The van der Waals surface area contributed by atoms with E-state index in [-0.39, 0.29) is 11.8 Å². The zero-order valence-electron chi connectivity index (χ0n) is 17.3. The second-order valence-corrected chi connectivity index (χ2v) is 9.32. The summed E-state index contributed by atoms with van der Waals surface area (Å²) in [4.78, 5) is 12.6. The van der Waals surface area contributed by atoms with Crippen molar-refractivity contribution >= 4 is 30.2 Å². The minimum absolute atomic E-state index is 0.127. The maximum Gasteiger partial charge on any atom is 0.338 e. The monoisotopic (exact) mass is 425 g/mol. The van der Waals surface area contributed by atoms with Crippen LogP contribution in [0.1, 0.15) is 21.7 Å². The first-order chi connectivity index (χ1) is 15.3. The number of benzene rings is 4. The van der Waals surface area contributed by atoms with Crippen molar-refractivity contribution < 1.29 is 9.53 Å². The first-order valence-electron chi connectivity index (χ1n) is 10.2. The molecule has 0 heterocycles. The molecule has 0 spiro atoms. The highest BCUT2D eigenvalue weighted by atomic mass is 31.1. The van der Waals surface area contributed by atoms with Crippen LogP contribution in [-0.4, -0.2) is 13.1 Å². The summed E-state index contributed by atoms with van der Waals surface area (Å²) in [5.41, 5.74) is 2.52. The highest BCUT2D eigenvalue weighted by Gasteiger charge is 2.29. The molecule has 0 amide bonds. The van der Waals surface area contributed by atoms with Crippen molar-refractivity contribution in [2.75, 3.05) is 12.4 Å². The van der Waals surface area contributed by atoms with E-state index in [1.54, 1.807) is 0 Å². The smallest absolute Gasteiger partial charge is 0.338 e. The topological polar surface area (TPSA) is 38.3 Å². The van der Waals surface area contributed by atoms with E-state index in [0.717, 1.165) is 11.3 Å². The summed E-state index contributed by atoms with van der Waals surface area (Å²) >= 11 is 0. The zero-order chi connectivity index (χ0) is 21.5. The average molecular weight is 425 g/mol. The van der Waals surface area contributed by atoms with Gasteiger partial charge in [-0.2, -0.15) is 0 Å². The number of anilines is 1. The molecule has 0 fully saturated rings. The number of para-hydroxylation sites is 1. The third-order valence-corrected chi connectivity index (χ3v) is 7.70. The average Bonchev–Trinajstić information content (AvgIpc) is 2.85. The van der Waals surface area contributed by atoms with E-state index in [2.05, 4.69) is 66.0 Å². The van der Waals surface area contributed by atoms with Crippen molar-refractivity contribution in [3.8, 4) is 0 Å². The second kappa shape index (κ2) is 10.1. The van der Waals surface area contributed by atoms with Gasteiger partial charge in [0.15, 0.2) is 0 Å². The highest BCUT2D eigenvalue weighted by molar-refractivity contribution is 7.73. The fourth-order valence-corrected chi connectivity index (χ4v) is 6.29. The SMILES string of the molecule is COC(=O)c1ccccc1C(Nc1ccccc1)P(c1ccccc1)c1ccccc1. The van der Waals surface area contributed by atoms with Crippen LogP contribution in [-0.2, 0) is 4.74 Å². The van der Waals surface area contributed by atoms with E-state index in [9.17, 15) is 4.79 Å². The summed E-state index contributed by atoms with van der Waals surface area (Å²) in [5, 5.41) is 6.20. The normalized spacial score (nSPS) is 11.7. The second-order valence-electron chi connectivity index (χ2n) is 7.03. The molecule has 31 heavy (non-hydrogen) atoms. The summed E-state index contributed by atoms with van der Waals surface area (Å²) in [6.45, 7) is 0. The number of hydrogen-bond donors (Lipinski definition) is 1.